The van der Waals surface area contributed by atoms with Crippen LogP contribution in [0, 0.1) is 6.92 Å². The van der Waals surface area contributed by atoms with Gasteiger partial charge in [-0.05, 0) is 86.6 Å². The van der Waals surface area contributed by atoms with Crippen LogP contribution >= 0.6 is 11.8 Å². The van der Waals surface area contributed by atoms with Gasteiger partial charge in [0.15, 0.2) is 5.16 Å². The monoisotopic (exact) mass is 420 g/mol. The van der Waals surface area contributed by atoms with Crippen molar-refractivity contribution in [3.8, 4) is 0 Å². The molecule has 5 nitrogen and oxygen atoms in total. The van der Waals surface area contributed by atoms with E-state index in [1.165, 1.54) is 17.3 Å². The first-order chi connectivity index (χ1) is 14.5. The summed E-state index contributed by atoms with van der Waals surface area (Å²) in [6.45, 7) is 10.4. The van der Waals surface area contributed by atoms with E-state index in [0.29, 0.717) is 16.8 Å². The van der Waals surface area contributed by atoms with E-state index >= 15 is 0 Å². The van der Waals surface area contributed by atoms with Gasteiger partial charge >= 0.3 is 0 Å². The molecule has 156 valence electrons. The van der Waals surface area contributed by atoms with Gasteiger partial charge in [0.1, 0.15) is 0 Å². The molecule has 0 saturated heterocycles. The maximum atomic E-state index is 12.7. The highest BCUT2D eigenvalue weighted by molar-refractivity contribution is 7.99. The van der Waals surface area contributed by atoms with Crippen molar-refractivity contribution in [3.05, 3.63) is 77.6 Å². The number of aromatic nitrogens is 2. The van der Waals surface area contributed by atoms with Crippen LogP contribution in [0.15, 0.2) is 71.0 Å². The normalized spacial score (nSPS) is 11.1. The summed E-state index contributed by atoms with van der Waals surface area (Å²) in [6, 6.07) is 16.1. The van der Waals surface area contributed by atoms with Crippen LogP contribution in [0.4, 0.5) is 5.69 Å². The predicted octanol–water partition coefficient (Wildman–Crippen LogP) is 5.42. The van der Waals surface area contributed by atoms with Gasteiger partial charge in [0, 0.05) is 41.1 Å². The second kappa shape index (κ2) is 10.4. The molecular weight excluding hydrogens is 392 g/mol. The van der Waals surface area contributed by atoms with E-state index in [4.69, 9.17) is 0 Å². The molecule has 6 heteroatoms. The quantitative estimate of drug-likeness (QED) is 0.493. The molecule has 0 aliphatic carbocycles. The van der Waals surface area contributed by atoms with Crippen LogP contribution in [-0.4, -0.2) is 33.4 Å². The van der Waals surface area contributed by atoms with Gasteiger partial charge in [-0.3, -0.25) is 9.69 Å². The van der Waals surface area contributed by atoms with E-state index in [9.17, 15) is 4.79 Å². The third kappa shape index (κ3) is 5.90. The highest BCUT2D eigenvalue weighted by Crippen LogP contribution is 2.28. The summed E-state index contributed by atoms with van der Waals surface area (Å²) in [5, 5.41) is 3.72. The third-order valence-electron chi connectivity index (χ3n) is 4.94. The summed E-state index contributed by atoms with van der Waals surface area (Å²) in [6.07, 6.45) is 3.45. The molecular formula is C24H28N4OS. The van der Waals surface area contributed by atoms with Crippen LogP contribution in [0.3, 0.4) is 0 Å². The molecule has 3 aromatic rings. The Kier molecular flexibility index (Phi) is 7.60. The molecule has 0 atom stereocenters. The second-order valence-electron chi connectivity index (χ2n) is 7.42. The van der Waals surface area contributed by atoms with E-state index < -0.39 is 0 Å². The number of carbonyl (C=O) groups excluding carboxylic acids is 1. The molecule has 1 N–H and O–H groups in total. The van der Waals surface area contributed by atoms with Crippen LogP contribution in [0.2, 0.25) is 0 Å². The molecule has 0 bridgehead atoms. The molecule has 0 fully saturated rings. The molecule has 0 unspecified atom stereocenters. The minimum absolute atomic E-state index is 0.104. The fraction of sp³-hybridized carbons (Fsp3) is 0.292. The van der Waals surface area contributed by atoms with Crippen LogP contribution in [0.5, 0.6) is 0 Å². The number of anilines is 1. The number of nitrogens with one attached hydrogen (secondary N) is 1. The second-order valence-corrected chi connectivity index (χ2v) is 8.46. The van der Waals surface area contributed by atoms with Gasteiger partial charge in [-0.25, -0.2) is 9.97 Å². The first-order valence-electron chi connectivity index (χ1n) is 10.2. The van der Waals surface area contributed by atoms with Gasteiger partial charge in [0.25, 0.3) is 5.91 Å². The minimum atomic E-state index is -0.104. The van der Waals surface area contributed by atoms with Gasteiger partial charge in [-0.15, -0.1) is 0 Å². The van der Waals surface area contributed by atoms with E-state index in [0.717, 1.165) is 29.2 Å². The van der Waals surface area contributed by atoms with Crippen molar-refractivity contribution in [3.63, 3.8) is 0 Å². The van der Waals surface area contributed by atoms with E-state index in [1.807, 2.05) is 49.4 Å². The molecule has 0 spiro atoms. The highest BCUT2D eigenvalue weighted by Gasteiger charge is 2.11. The number of nitrogens with zero attached hydrogens (tertiary/aromatic N) is 3. The zero-order chi connectivity index (χ0) is 21.5. The van der Waals surface area contributed by atoms with Crippen molar-refractivity contribution in [1.82, 2.24) is 14.9 Å². The van der Waals surface area contributed by atoms with E-state index in [2.05, 4.69) is 41.0 Å². The van der Waals surface area contributed by atoms with Gasteiger partial charge in [-0.2, -0.15) is 0 Å². The fourth-order valence-electron chi connectivity index (χ4n) is 3.13. The first-order valence-corrected chi connectivity index (χ1v) is 11.0. The average molecular weight is 421 g/mol. The molecule has 1 aromatic heterocycles. The maximum absolute atomic E-state index is 12.7. The first kappa shape index (κ1) is 22.0. The number of benzene rings is 2. The lowest BCUT2D eigenvalue weighted by atomic mass is 10.1. The van der Waals surface area contributed by atoms with E-state index in [1.54, 1.807) is 18.5 Å². The molecule has 0 aliphatic heterocycles. The third-order valence-corrected chi connectivity index (χ3v) is 5.82. The van der Waals surface area contributed by atoms with E-state index in [-0.39, 0.29) is 5.91 Å². The Balaban J connectivity index is 1.64. The Morgan fingerprint density at radius 1 is 1.10 bits per heavy atom. The Morgan fingerprint density at radius 3 is 2.40 bits per heavy atom. The number of amides is 1. The van der Waals surface area contributed by atoms with Crippen molar-refractivity contribution >= 4 is 23.4 Å². The number of rotatable bonds is 8. The molecule has 1 amide bonds. The fourth-order valence-corrected chi connectivity index (χ4v) is 3.94. The summed E-state index contributed by atoms with van der Waals surface area (Å²) in [4.78, 5) is 24.6. The van der Waals surface area contributed by atoms with Crippen molar-refractivity contribution in [2.75, 3.05) is 11.9 Å². The van der Waals surface area contributed by atoms with Crippen molar-refractivity contribution in [1.29, 1.82) is 0 Å². The highest BCUT2D eigenvalue weighted by atomic mass is 32.2. The molecule has 0 aliphatic rings. The molecule has 30 heavy (non-hydrogen) atoms. The van der Waals surface area contributed by atoms with Crippen LogP contribution < -0.4 is 5.32 Å². The van der Waals surface area contributed by atoms with Crippen molar-refractivity contribution in [2.45, 2.75) is 50.3 Å². The molecule has 1 heterocycles. The summed E-state index contributed by atoms with van der Waals surface area (Å²) in [5.41, 5.74) is 3.67. The number of hydrogen-bond acceptors (Lipinski definition) is 5. The summed E-state index contributed by atoms with van der Waals surface area (Å²) in [7, 11) is 0. The number of aryl methyl sites for hydroxylation is 1. The van der Waals surface area contributed by atoms with Crippen molar-refractivity contribution < 1.29 is 4.79 Å². The molecule has 3 rings (SSSR count). The smallest absolute Gasteiger partial charge is 0.255 e. The standard InChI is InChI=1S/C24H28N4OS/c1-5-28(17(2)3)16-19-7-9-20(10-8-19)23(29)27-22-12-11-21(15-18(22)4)30-24-25-13-6-14-26-24/h6-15,17H,5,16H2,1-4H3,(H,27,29). The van der Waals surface area contributed by atoms with Gasteiger partial charge in [-0.1, -0.05) is 19.1 Å². The average Bonchev–Trinajstić information content (AvgIpc) is 2.75. The Hall–Kier alpha value is -2.70. The van der Waals surface area contributed by atoms with Crippen LogP contribution in [0.1, 0.15) is 42.3 Å². The number of hydrogen-bond donors (Lipinski definition) is 1. The molecule has 2 aromatic carbocycles. The SMILES string of the molecule is CCN(Cc1ccc(C(=O)Nc2ccc(Sc3ncccn3)cc2C)cc1)C(C)C. The summed E-state index contributed by atoms with van der Waals surface area (Å²) < 4.78 is 0. The lowest BCUT2D eigenvalue weighted by Gasteiger charge is -2.24. The van der Waals surface area contributed by atoms with Gasteiger partial charge in [0.2, 0.25) is 0 Å². The zero-order valence-electron chi connectivity index (χ0n) is 17.9. The maximum Gasteiger partial charge on any atom is 0.255 e. The Morgan fingerprint density at radius 2 is 1.80 bits per heavy atom. The minimum Gasteiger partial charge on any atom is -0.322 e. The van der Waals surface area contributed by atoms with Gasteiger partial charge < -0.3 is 5.32 Å². The molecule has 0 radical (unpaired) electrons. The van der Waals surface area contributed by atoms with Crippen molar-refractivity contribution in [2.24, 2.45) is 0 Å². The predicted molar refractivity (Wildman–Crippen MR) is 123 cm³/mol. The summed E-state index contributed by atoms with van der Waals surface area (Å²) in [5.74, 6) is -0.104. The Labute approximate surface area is 182 Å². The van der Waals surface area contributed by atoms with Crippen LogP contribution in [-0.2, 0) is 6.54 Å². The largest absolute Gasteiger partial charge is 0.322 e. The van der Waals surface area contributed by atoms with Crippen LogP contribution in [0.25, 0.3) is 0 Å². The van der Waals surface area contributed by atoms with Gasteiger partial charge in [0.05, 0.1) is 0 Å². The topological polar surface area (TPSA) is 58.1 Å². The lowest BCUT2D eigenvalue weighted by Crippen LogP contribution is -2.29. The Bertz CT molecular complexity index is 974. The molecule has 0 saturated carbocycles. The summed E-state index contributed by atoms with van der Waals surface area (Å²) >= 11 is 1.50. The zero-order valence-corrected chi connectivity index (χ0v) is 18.7. The number of carbonyl (C=O) groups is 1. The lowest BCUT2D eigenvalue weighted by molar-refractivity contribution is 0.102.